The van der Waals surface area contributed by atoms with Crippen molar-refractivity contribution in [1.29, 1.82) is 0 Å². The molecule has 1 aromatic heterocycles. The van der Waals surface area contributed by atoms with E-state index in [0.717, 1.165) is 12.1 Å². The minimum Gasteiger partial charge on any atom is -0.258 e. The number of nitro benzene ring substituents is 1. The number of aryl methyl sites for hydroxylation is 1. The molecule has 19 heavy (non-hydrogen) atoms. The maximum atomic E-state index is 12.7. The number of nitrogens with zero attached hydrogens (tertiary/aromatic N) is 2. The maximum absolute atomic E-state index is 12.7. The molecule has 0 saturated carbocycles. The third-order valence-electron chi connectivity index (χ3n) is 2.37. The molecular formula is C11H7F3N2O2S. The van der Waals surface area contributed by atoms with Crippen LogP contribution in [0.4, 0.5) is 18.9 Å². The highest BCUT2D eigenvalue weighted by Crippen LogP contribution is 2.35. The molecule has 0 unspecified atom stereocenters. The van der Waals surface area contributed by atoms with Gasteiger partial charge in [0.25, 0.3) is 5.69 Å². The molecule has 1 aromatic carbocycles. The van der Waals surface area contributed by atoms with E-state index in [2.05, 4.69) is 4.98 Å². The normalized spacial score (nSPS) is 11.6. The number of hydrogen-bond acceptors (Lipinski definition) is 4. The quantitative estimate of drug-likeness (QED) is 0.619. The van der Waals surface area contributed by atoms with Gasteiger partial charge >= 0.3 is 6.18 Å². The number of halogens is 3. The number of aromatic nitrogens is 1. The summed E-state index contributed by atoms with van der Waals surface area (Å²) < 4.78 is 38.1. The minimum absolute atomic E-state index is 0.0888. The van der Waals surface area contributed by atoms with Crippen molar-refractivity contribution < 1.29 is 18.1 Å². The molecular weight excluding hydrogens is 281 g/mol. The highest BCUT2D eigenvalue weighted by atomic mass is 32.1. The molecule has 0 aliphatic rings. The van der Waals surface area contributed by atoms with E-state index in [1.807, 2.05) is 0 Å². The fourth-order valence-electron chi connectivity index (χ4n) is 1.52. The molecule has 0 aliphatic carbocycles. The van der Waals surface area contributed by atoms with Crippen molar-refractivity contribution in [2.24, 2.45) is 0 Å². The van der Waals surface area contributed by atoms with Crippen LogP contribution in [0.1, 0.15) is 10.6 Å². The Bertz CT molecular complexity index is 637. The second-order valence-electron chi connectivity index (χ2n) is 3.78. The van der Waals surface area contributed by atoms with E-state index in [1.54, 1.807) is 12.3 Å². The van der Waals surface area contributed by atoms with Crippen molar-refractivity contribution in [3.63, 3.8) is 0 Å². The molecule has 4 nitrogen and oxygen atoms in total. The van der Waals surface area contributed by atoms with Gasteiger partial charge in [-0.2, -0.15) is 13.2 Å². The molecule has 0 fully saturated rings. The summed E-state index contributed by atoms with van der Waals surface area (Å²) in [5.74, 6) is 0. The second-order valence-corrected chi connectivity index (χ2v) is 4.84. The van der Waals surface area contributed by atoms with Crippen molar-refractivity contribution in [2.75, 3.05) is 0 Å². The van der Waals surface area contributed by atoms with Crippen LogP contribution in [0, 0.1) is 17.0 Å². The summed E-state index contributed by atoms with van der Waals surface area (Å²) in [6.07, 6.45) is -4.63. The van der Waals surface area contributed by atoms with Gasteiger partial charge < -0.3 is 0 Å². The Labute approximate surface area is 109 Å². The first kappa shape index (κ1) is 13.5. The number of hydrogen-bond donors (Lipinski definition) is 0. The van der Waals surface area contributed by atoms with Gasteiger partial charge in [0.1, 0.15) is 0 Å². The van der Waals surface area contributed by atoms with Gasteiger partial charge in [-0.15, -0.1) is 11.3 Å². The van der Waals surface area contributed by atoms with E-state index in [4.69, 9.17) is 0 Å². The van der Waals surface area contributed by atoms with Crippen LogP contribution in [0.5, 0.6) is 0 Å². The fourth-order valence-corrected chi connectivity index (χ4v) is 2.15. The van der Waals surface area contributed by atoms with Crippen molar-refractivity contribution in [3.05, 3.63) is 44.3 Å². The van der Waals surface area contributed by atoms with Gasteiger partial charge in [0.15, 0.2) is 0 Å². The van der Waals surface area contributed by atoms with Crippen molar-refractivity contribution >= 4 is 17.0 Å². The van der Waals surface area contributed by atoms with Crippen LogP contribution in [0.15, 0.2) is 23.6 Å². The minimum atomic E-state index is -4.63. The van der Waals surface area contributed by atoms with E-state index in [-0.39, 0.29) is 5.56 Å². The smallest absolute Gasteiger partial charge is 0.258 e. The van der Waals surface area contributed by atoms with E-state index < -0.39 is 22.4 Å². The zero-order chi connectivity index (χ0) is 14.2. The lowest BCUT2D eigenvalue weighted by Gasteiger charge is -2.08. The molecule has 0 aliphatic heterocycles. The van der Waals surface area contributed by atoms with Gasteiger partial charge in [0.05, 0.1) is 21.2 Å². The van der Waals surface area contributed by atoms with Gasteiger partial charge in [-0.05, 0) is 13.0 Å². The molecule has 1 heterocycles. The average Bonchev–Trinajstić information content (AvgIpc) is 2.74. The SMILES string of the molecule is Cc1nc(-c2cc([N+](=O)[O-])cc(C(F)(F)F)c2)cs1. The predicted octanol–water partition coefficient (Wildman–Crippen LogP) is 4.05. The number of alkyl halides is 3. The number of thiazole rings is 1. The molecule has 0 radical (unpaired) electrons. The number of non-ortho nitro benzene ring substituents is 1. The van der Waals surface area contributed by atoms with Crippen molar-refractivity contribution in [3.8, 4) is 11.3 Å². The topological polar surface area (TPSA) is 56.0 Å². The van der Waals surface area contributed by atoms with E-state index >= 15 is 0 Å². The number of nitro groups is 1. The molecule has 2 aromatic rings. The Kier molecular flexibility index (Phi) is 3.27. The Morgan fingerprint density at radius 2 is 2.00 bits per heavy atom. The van der Waals surface area contributed by atoms with Crippen LogP contribution >= 0.6 is 11.3 Å². The summed E-state index contributed by atoms with van der Waals surface area (Å²) in [5, 5.41) is 12.9. The fraction of sp³-hybridized carbons (Fsp3) is 0.182. The van der Waals surface area contributed by atoms with E-state index in [1.165, 1.54) is 11.3 Å². The molecule has 0 saturated heterocycles. The molecule has 0 spiro atoms. The zero-order valence-electron chi connectivity index (χ0n) is 9.56. The average molecular weight is 288 g/mol. The van der Waals surface area contributed by atoms with Crippen LogP contribution in [-0.4, -0.2) is 9.91 Å². The molecule has 2 rings (SSSR count). The summed E-state index contributed by atoms with van der Waals surface area (Å²) in [7, 11) is 0. The Morgan fingerprint density at radius 1 is 1.32 bits per heavy atom. The van der Waals surface area contributed by atoms with Gasteiger partial charge in [0, 0.05) is 23.1 Å². The predicted molar refractivity (Wildman–Crippen MR) is 63.9 cm³/mol. The second kappa shape index (κ2) is 4.61. The first-order valence-corrected chi connectivity index (χ1v) is 5.94. The highest BCUT2D eigenvalue weighted by molar-refractivity contribution is 7.09. The summed E-state index contributed by atoms with van der Waals surface area (Å²) in [4.78, 5) is 13.9. The van der Waals surface area contributed by atoms with Crippen molar-refractivity contribution in [2.45, 2.75) is 13.1 Å². The molecule has 0 N–H and O–H groups in total. The molecule has 0 atom stereocenters. The van der Waals surface area contributed by atoms with Crippen molar-refractivity contribution in [1.82, 2.24) is 4.98 Å². The Hall–Kier alpha value is -1.96. The summed E-state index contributed by atoms with van der Waals surface area (Å²) >= 11 is 1.26. The summed E-state index contributed by atoms with van der Waals surface area (Å²) in [6, 6.07) is 2.47. The first-order valence-electron chi connectivity index (χ1n) is 5.06. The van der Waals surface area contributed by atoms with Crippen LogP contribution in [0.25, 0.3) is 11.3 Å². The monoisotopic (exact) mass is 288 g/mol. The van der Waals surface area contributed by atoms with Gasteiger partial charge in [0.2, 0.25) is 0 Å². The standard InChI is InChI=1S/C11H7F3N2O2S/c1-6-15-10(5-19-6)7-2-8(11(12,13)14)4-9(3-7)16(17)18/h2-5H,1H3. The van der Waals surface area contributed by atoms with Crippen LogP contribution in [0.2, 0.25) is 0 Å². The Morgan fingerprint density at radius 3 is 2.47 bits per heavy atom. The van der Waals surface area contributed by atoms with E-state index in [9.17, 15) is 23.3 Å². The van der Waals surface area contributed by atoms with Crippen LogP contribution < -0.4 is 0 Å². The van der Waals surface area contributed by atoms with Gasteiger partial charge in [-0.25, -0.2) is 4.98 Å². The van der Waals surface area contributed by atoms with Gasteiger partial charge in [-0.1, -0.05) is 0 Å². The van der Waals surface area contributed by atoms with Gasteiger partial charge in [-0.3, -0.25) is 10.1 Å². The largest absolute Gasteiger partial charge is 0.416 e. The lowest BCUT2D eigenvalue weighted by Crippen LogP contribution is -2.06. The van der Waals surface area contributed by atoms with E-state index in [0.29, 0.717) is 16.8 Å². The third kappa shape index (κ3) is 2.90. The molecule has 0 amide bonds. The summed E-state index contributed by atoms with van der Waals surface area (Å²) in [6.45, 7) is 1.70. The zero-order valence-corrected chi connectivity index (χ0v) is 10.4. The van der Waals surface area contributed by atoms with Crippen LogP contribution in [-0.2, 0) is 6.18 Å². The Balaban J connectivity index is 2.61. The molecule has 0 bridgehead atoms. The molecule has 8 heteroatoms. The lowest BCUT2D eigenvalue weighted by molar-refractivity contribution is -0.385. The number of rotatable bonds is 2. The lowest BCUT2D eigenvalue weighted by atomic mass is 10.1. The number of benzene rings is 1. The summed E-state index contributed by atoms with van der Waals surface area (Å²) in [5.41, 5.74) is -1.26. The maximum Gasteiger partial charge on any atom is 0.416 e. The first-order chi connectivity index (χ1) is 8.77. The van der Waals surface area contributed by atoms with Crippen LogP contribution in [0.3, 0.4) is 0 Å². The third-order valence-corrected chi connectivity index (χ3v) is 3.14. The molecule has 100 valence electrons. The highest BCUT2D eigenvalue weighted by Gasteiger charge is 2.33.